The number of benzene rings is 3. The van der Waals surface area contributed by atoms with E-state index in [0.29, 0.717) is 0 Å². The Morgan fingerprint density at radius 3 is 1.92 bits per heavy atom. The van der Waals surface area contributed by atoms with Gasteiger partial charge in [-0.1, -0.05) is 24.3 Å². The fraction of sp³-hybridized carbons (Fsp3) is 0.0909. The largest absolute Gasteiger partial charge is 0.397 e. The second kappa shape index (κ2) is 9.00. The number of nitrogens with one attached hydrogen (secondary N) is 2. The summed E-state index contributed by atoms with van der Waals surface area (Å²) in [5.41, 5.74) is 9.95. The van der Waals surface area contributed by atoms with Gasteiger partial charge in [0.05, 0.1) is 28.2 Å². The molecule has 12 nitrogen and oxygen atoms in total. The number of hydrogen-bond acceptors (Lipinski definition) is 10. The number of carbonyl (C=O) groups is 2. The first-order valence-corrected chi connectivity index (χ1v) is 13.2. The molecule has 0 amide bonds. The number of carbonyl (C=O) groups excluding carboxylic acids is 2. The molecule has 188 valence electrons. The van der Waals surface area contributed by atoms with E-state index in [9.17, 15) is 35.5 Å². The van der Waals surface area contributed by atoms with E-state index in [4.69, 9.17) is 11.5 Å². The summed E-state index contributed by atoms with van der Waals surface area (Å²) < 4.78 is 67.3. The molecule has 0 unspecified atom stereocenters. The lowest BCUT2D eigenvalue weighted by Gasteiger charge is -2.24. The van der Waals surface area contributed by atoms with Crippen molar-refractivity contribution in [2.45, 2.75) is 9.79 Å². The lowest BCUT2D eigenvalue weighted by atomic mass is 9.82. The average Bonchev–Trinajstić information content (AvgIpc) is 2.81. The van der Waals surface area contributed by atoms with Gasteiger partial charge in [0, 0.05) is 29.9 Å². The predicted molar refractivity (Wildman–Crippen MR) is 131 cm³/mol. The minimum atomic E-state index is -4.93. The van der Waals surface area contributed by atoms with Crippen molar-refractivity contribution in [1.29, 1.82) is 0 Å². The first-order valence-electron chi connectivity index (χ1n) is 10.3. The predicted octanol–water partition coefficient (Wildman–Crippen LogP) is 1.65. The van der Waals surface area contributed by atoms with Gasteiger partial charge in [-0.25, -0.2) is 0 Å². The Morgan fingerprint density at radius 2 is 1.36 bits per heavy atom. The highest BCUT2D eigenvalue weighted by Gasteiger charge is 2.36. The molecule has 36 heavy (non-hydrogen) atoms. The van der Waals surface area contributed by atoms with Crippen LogP contribution in [0.25, 0.3) is 0 Å². The number of hydrogen-bond donors (Lipinski definition) is 6. The van der Waals surface area contributed by atoms with Gasteiger partial charge in [0.15, 0.2) is 11.6 Å². The van der Waals surface area contributed by atoms with Gasteiger partial charge in [0.2, 0.25) is 0 Å². The van der Waals surface area contributed by atoms with Crippen LogP contribution in [0.4, 0.5) is 22.7 Å². The maximum atomic E-state index is 13.4. The molecule has 8 N–H and O–H groups in total. The molecule has 1 aliphatic carbocycles. The van der Waals surface area contributed by atoms with Crippen LogP contribution in [0.2, 0.25) is 0 Å². The Morgan fingerprint density at radius 1 is 0.778 bits per heavy atom. The zero-order chi connectivity index (χ0) is 26.4. The summed E-state index contributed by atoms with van der Waals surface area (Å²) >= 11 is 0. The molecule has 3 aromatic rings. The van der Waals surface area contributed by atoms with E-state index in [2.05, 4.69) is 10.6 Å². The lowest BCUT2D eigenvalue weighted by molar-refractivity contribution is 0.0980. The molecule has 1 aliphatic rings. The molecule has 0 spiro atoms. The standard InChI is InChI=1S/C22H20N4O8S2/c23-7-8-25-14-6-5-11(9-16(14)35(29,30)31)26-15-10-17(36(32,33)34)20(24)19-18(15)21(27)12-3-1-2-4-13(12)22(19)28/h1-6,9-10,25-26H,7-8,23-24H2,(H,29,30,31)(H,32,33,34). The van der Waals surface area contributed by atoms with Gasteiger partial charge >= 0.3 is 0 Å². The average molecular weight is 533 g/mol. The van der Waals surface area contributed by atoms with Crippen molar-refractivity contribution in [3.8, 4) is 0 Å². The second-order valence-corrected chi connectivity index (χ2v) is 10.6. The highest BCUT2D eigenvalue weighted by atomic mass is 32.2. The molecule has 0 saturated heterocycles. The quantitative estimate of drug-likeness (QED) is 0.148. The van der Waals surface area contributed by atoms with E-state index in [0.717, 1.165) is 12.1 Å². The monoisotopic (exact) mass is 532 g/mol. The van der Waals surface area contributed by atoms with E-state index in [1.54, 1.807) is 6.07 Å². The SMILES string of the molecule is NCCNc1ccc(Nc2cc(S(=O)(=O)O)c(N)c3c2C(=O)c2ccccc2C3=O)cc1S(=O)(=O)O. The van der Waals surface area contributed by atoms with E-state index in [1.165, 1.54) is 30.3 Å². The number of anilines is 4. The van der Waals surface area contributed by atoms with E-state index in [1.807, 2.05) is 0 Å². The van der Waals surface area contributed by atoms with Crippen LogP contribution in [0.5, 0.6) is 0 Å². The third-order valence-electron chi connectivity index (χ3n) is 5.48. The van der Waals surface area contributed by atoms with E-state index < -0.39 is 52.8 Å². The molecule has 3 aromatic carbocycles. The third-order valence-corrected chi connectivity index (χ3v) is 7.26. The van der Waals surface area contributed by atoms with Crippen LogP contribution in [0.1, 0.15) is 31.8 Å². The lowest BCUT2D eigenvalue weighted by Crippen LogP contribution is -2.25. The van der Waals surface area contributed by atoms with Crippen LogP contribution in [-0.2, 0) is 20.2 Å². The first-order chi connectivity index (χ1) is 16.8. The summed E-state index contributed by atoms with van der Waals surface area (Å²) in [4.78, 5) is 25.2. The van der Waals surface area contributed by atoms with Crippen molar-refractivity contribution < 1.29 is 35.5 Å². The summed E-state index contributed by atoms with van der Waals surface area (Å²) in [6, 6.07) is 10.5. The minimum absolute atomic E-state index is 0.00382. The Bertz CT molecular complexity index is 1650. The fourth-order valence-corrected chi connectivity index (χ4v) is 5.27. The molecule has 0 aromatic heterocycles. The second-order valence-electron chi connectivity index (χ2n) is 7.79. The molecule has 0 aliphatic heterocycles. The highest BCUT2D eigenvalue weighted by Crippen LogP contribution is 2.40. The molecule has 0 saturated carbocycles. The van der Waals surface area contributed by atoms with Gasteiger partial charge in [0.1, 0.15) is 9.79 Å². The van der Waals surface area contributed by atoms with Crippen LogP contribution in [0.15, 0.2) is 58.3 Å². The van der Waals surface area contributed by atoms with Crippen molar-refractivity contribution in [2.75, 3.05) is 29.5 Å². The molecule has 0 fully saturated rings. The maximum absolute atomic E-state index is 13.4. The number of rotatable bonds is 7. The molecule has 0 radical (unpaired) electrons. The smallest absolute Gasteiger partial charge is 0.296 e. The maximum Gasteiger partial charge on any atom is 0.296 e. The van der Waals surface area contributed by atoms with Gasteiger partial charge in [-0.3, -0.25) is 18.7 Å². The van der Waals surface area contributed by atoms with Gasteiger partial charge in [-0.05, 0) is 24.3 Å². The Kier molecular flexibility index (Phi) is 6.32. The molecule has 4 rings (SSSR count). The van der Waals surface area contributed by atoms with Gasteiger partial charge in [0.25, 0.3) is 20.2 Å². The van der Waals surface area contributed by atoms with Crippen LogP contribution < -0.4 is 22.1 Å². The van der Waals surface area contributed by atoms with Crippen molar-refractivity contribution in [3.63, 3.8) is 0 Å². The molecule has 0 heterocycles. The molecule has 0 bridgehead atoms. The number of ketones is 2. The van der Waals surface area contributed by atoms with Crippen LogP contribution in [-0.4, -0.2) is 50.6 Å². The summed E-state index contributed by atoms with van der Waals surface area (Å²) in [5.74, 6) is -1.38. The van der Waals surface area contributed by atoms with Crippen LogP contribution in [0, 0.1) is 0 Å². The fourth-order valence-electron chi connectivity index (χ4n) is 3.93. The van der Waals surface area contributed by atoms with Crippen molar-refractivity contribution >= 4 is 54.6 Å². The molecule has 14 heteroatoms. The third kappa shape index (κ3) is 4.43. The van der Waals surface area contributed by atoms with Crippen LogP contribution in [0.3, 0.4) is 0 Å². The number of nitrogens with two attached hydrogens (primary N) is 2. The van der Waals surface area contributed by atoms with Gasteiger partial charge in [-0.2, -0.15) is 16.8 Å². The molecular weight excluding hydrogens is 512 g/mol. The topological polar surface area (TPSA) is 219 Å². The van der Waals surface area contributed by atoms with Gasteiger partial charge in [-0.15, -0.1) is 0 Å². The number of nitrogen functional groups attached to an aromatic ring is 1. The zero-order valence-electron chi connectivity index (χ0n) is 18.3. The Labute approximate surface area is 205 Å². The first kappa shape index (κ1) is 25.3. The number of fused-ring (bicyclic) bond motifs is 2. The summed E-state index contributed by atoms with van der Waals surface area (Å²) in [6.45, 7) is 0.382. The normalized spacial score (nSPS) is 13.2. The van der Waals surface area contributed by atoms with Crippen molar-refractivity contribution in [1.82, 2.24) is 0 Å². The van der Waals surface area contributed by atoms with Gasteiger partial charge < -0.3 is 22.1 Å². The molecule has 0 atom stereocenters. The highest BCUT2D eigenvalue weighted by molar-refractivity contribution is 7.86. The Hall–Kier alpha value is -3.82. The Balaban J connectivity index is 1.94. The zero-order valence-corrected chi connectivity index (χ0v) is 20.0. The molecular formula is C22H20N4O8S2. The van der Waals surface area contributed by atoms with Crippen LogP contribution >= 0.6 is 0 Å². The van der Waals surface area contributed by atoms with Crippen molar-refractivity contribution in [3.05, 3.63) is 70.8 Å². The summed E-state index contributed by atoms with van der Waals surface area (Å²) in [7, 11) is -9.65. The van der Waals surface area contributed by atoms with E-state index >= 15 is 0 Å². The van der Waals surface area contributed by atoms with E-state index in [-0.39, 0.29) is 46.8 Å². The summed E-state index contributed by atoms with van der Waals surface area (Å²) in [6.07, 6.45) is 0. The summed E-state index contributed by atoms with van der Waals surface area (Å²) in [5, 5.41) is 5.47. The van der Waals surface area contributed by atoms with Crippen molar-refractivity contribution in [2.24, 2.45) is 5.73 Å². The minimum Gasteiger partial charge on any atom is -0.397 e.